The van der Waals surface area contributed by atoms with E-state index < -0.39 is 17.9 Å². The molecule has 1 aromatic heterocycles. The summed E-state index contributed by atoms with van der Waals surface area (Å²) in [6, 6.07) is 2.24. The van der Waals surface area contributed by atoms with E-state index in [-0.39, 0.29) is 5.91 Å². The van der Waals surface area contributed by atoms with Crippen LogP contribution in [0.5, 0.6) is 0 Å². The number of hydrogen-bond acceptors (Lipinski definition) is 4. The number of carbonyl (C=O) groups is 3. The van der Waals surface area contributed by atoms with E-state index in [1.807, 2.05) is 0 Å². The smallest absolute Gasteiger partial charge is 0.326 e. The second kappa shape index (κ2) is 6.15. The highest BCUT2D eigenvalue weighted by atomic mass is 32.1. The second-order valence-electron chi connectivity index (χ2n) is 3.62. The average Bonchev–Trinajstić information content (AvgIpc) is 2.72. The van der Waals surface area contributed by atoms with Crippen molar-refractivity contribution >= 4 is 34.1 Å². The molecule has 6 nitrogen and oxygen atoms in total. The minimum atomic E-state index is -1.07. The van der Waals surface area contributed by atoms with Crippen LogP contribution in [0.25, 0.3) is 0 Å². The Hall–Kier alpha value is -1.89. The van der Waals surface area contributed by atoms with Crippen molar-refractivity contribution in [1.82, 2.24) is 5.32 Å². The number of nitrogens with one attached hydrogen (secondary N) is 2. The summed E-state index contributed by atoms with van der Waals surface area (Å²) in [6.45, 7) is 3.05. The van der Waals surface area contributed by atoms with Gasteiger partial charge in [0.1, 0.15) is 6.04 Å². The molecule has 2 amide bonds. The maximum absolute atomic E-state index is 11.7. The summed E-state index contributed by atoms with van der Waals surface area (Å²) in [6.07, 6.45) is 0.311. The predicted molar refractivity (Wildman–Crippen MR) is 67.8 cm³/mol. The van der Waals surface area contributed by atoms with E-state index in [9.17, 15) is 14.4 Å². The quantitative estimate of drug-likeness (QED) is 0.751. The summed E-state index contributed by atoms with van der Waals surface area (Å²) in [5, 5.41) is 14.3. The van der Waals surface area contributed by atoms with Crippen LogP contribution in [0.2, 0.25) is 0 Å². The molecule has 0 aliphatic rings. The Morgan fingerprint density at radius 1 is 1.39 bits per heavy atom. The van der Waals surface area contributed by atoms with Crippen molar-refractivity contribution in [2.45, 2.75) is 26.3 Å². The molecule has 0 unspecified atom stereocenters. The molecule has 0 radical (unpaired) electrons. The summed E-state index contributed by atoms with van der Waals surface area (Å²) in [4.78, 5) is 33.7. The van der Waals surface area contributed by atoms with Gasteiger partial charge in [0.15, 0.2) is 0 Å². The van der Waals surface area contributed by atoms with Gasteiger partial charge in [-0.05, 0) is 18.6 Å². The molecule has 0 fully saturated rings. The van der Waals surface area contributed by atoms with Crippen LogP contribution in [-0.4, -0.2) is 28.9 Å². The molecule has 0 saturated carbocycles. The molecule has 1 atom stereocenters. The first-order chi connectivity index (χ1) is 8.43. The van der Waals surface area contributed by atoms with Crippen molar-refractivity contribution in [1.29, 1.82) is 0 Å². The van der Waals surface area contributed by atoms with Crippen molar-refractivity contribution in [2.75, 3.05) is 5.32 Å². The second-order valence-corrected chi connectivity index (χ2v) is 4.70. The van der Waals surface area contributed by atoms with Crippen LogP contribution < -0.4 is 10.6 Å². The van der Waals surface area contributed by atoms with Crippen LogP contribution in [-0.2, 0) is 9.59 Å². The third-order valence-corrected chi connectivity index (χ3v) is 3.14. The van der Waals surface area contributed by atoms with E-state index in [2.05, 4.69) is 10.6 Å². The van der Waals surface area contributed by atoms with E-state index in [4.69, 9.17) is 5.11 Å². The summed E-state index contributed by atoms with van der Waals surface area (Å²) in [7, 11) is 0. The predicted octanol–water partition coefficient (Wildman–Crippen LogP) is 1.30. The van der Waals surface area contributed by atoms with E-state index in [1.165, 1.54) is 6.92 Å². The number of aliphatic carboxylic acids is 1. The Labute approximate surface area is 108 Å². The highest BCUT2D eigenvalue weighted by Gasteiger charge is 2.19. The fourth-order valence-corrected chi connectivity index (χ4v) is 2.12. The molecule has 1 heterocycles. The molecular formula is C11H14N2O4S. The minimum Gasteiger partial charge on any atom is -0.480 e. The molecule has 1 rings (SSSR count). The maximum Gasteiger partial charge on any atom is 0.326 e. The lowest BCUT2D eigenvalue weighted by Gasteiger charge is -2.10. The monoisotopic (exact) mass is 270 g/mol. The summed E-state index contributed by atoms with van der Waals surface area (Å²) in [5.41, 5.74) is 0. The highest BCUT2D eigenvalue weighted by Crippen LogP contribution is 2.21. The Balaban J connectivity index is 2.69. The average molecular weight is 270 g/mol. The van der Waals surface area contributed by atoms with Crippen LogP contribution in [0, 0.1) is 0 Å². The number of carboxylic acids is 1. The lowest BCUT2D eigenvalue weighted by atomic mass is 10.2. The van der Waals surface area contributed by atoms with Gasteiger partial charge in [-0.25, -0.2) is 4.79 Å². The van der Waals surface area contributed by atoms with Crippen LogP contribution in [0.3, 0.4) is 0 Å². The zero-order valence-corrected chi connectivity index (χ0v) is 10.8. The molecule has 0 aliphatic carbocycles. The molecule has 0 bridgehead atoms. The van der Waals surface area contributed by atoms with Crippen LogP contribution >= 0.6 is 11.3 Å². The minimum absolute atomic E-state index is 0.222. The van der Waals surface area contributed by atoms with Gasteiger partial charge in [0.2, 0.25) is 5.91 Å². The van der Waals surface area contributed by atoms with Gasteiger partial charge >= 0.3 is 5.97 Å². The SMILES string of the molecule is CC[C@H](NC(=O)c1ccc(NC(C)=O)s1)C(=O)O. The van der Waals surface area contributed by atoms with E-state index in [0.29, 0.717) is 16.3 Å². The Bertz CT molecular complexity index is 469. The number of amides is 2. The molecule has 98 valence electrons. The Morgan fingerprint density at radius 3 is 2.56 bits per heavy atom. The van der Waals surface area contributed by atoms with Crippen molar-refractivity contribution in [3.05, 3.63) is 17.0 Å². The number of carboxylic acid groups (broad SMARTS) is 1. The van der Waals surface area contributed by atoms with E-state index in [1.54, 1.807) is 19.1 Å². The first-order valence-corrected chi connectivity index (χ1v) is 6.16. The van der Waals surface area contributed by atoms with E-state index >= 15 is 0 Å². The standard InChI is InChI=1S/C11H14N2O4S/c1-3-7(11(16)17)13-10(15)8-4-5-9(18-8)12-6(2)14/h4-5,7H,3H2,1-2H3,(H,12,14)(H,13,15)(H,16,17)/t7-/m0/s1. The molecule has 18 heavy (non-hydrogen) atoms. The van der Waals surface area contributed by atoms with Gasteiger partial charge in [-0.15, -0.1) is 11.3 Å². The van der Waals surface area contributed by atoms with Gasteiger partial charge in [-0.3, -0.25) is 9.59 Å². The fourth-order valence-electron chi connectivity index (χ4n) is 1.27. The third-order valence-electron chi connectivity index (χ3n) is 2.14. The fraction of sp³-hybridized carbons (Fsp3) is 0.364. The van der Waals surface area contributed by atoms with Crippen LogP contribution in [0.15, 0.2) is 12.1 Å². The molecule has 0 aromatic carbocycles. The molecule has 0 saturated heterocycles. The molecule has 1 aromatic rings. The van der Waals surface area contributed by atoms with Gasteiger partial charge in [0.25, 0.3) is 5.91 Å². The zero-order valence-electron chi connectivity index (χ0n) is 10.0. The first kappa shape index (κ1) is 14.2. The third kappa shape index (κ3) is 3.85. The summed E-state index contributed by atoms with van der Waals surface area (Å²) < 4.78 is 0. The Morgan fingerprint density at radius 2 is 2.06 bits per heavy atom. The maximum atomic E-state index is 11.7. The van der Waals surface area contributed by atoms with Crippen molar-refractivity contribution in [3.63, 3.8) is 0 Å². The lowest BCUT2D eigenvalue weighted by molar-refractivity contribution is -0.139. The summed E-state index contributed by atoms with van der Waals surface area (Å²) in [5.74, 6) is -1.74. The highest BCUT2D eigenvalue weighted by molar-refractivity contribution is 7.18. The van der Waals surface area contributed by atoms with Gasteiger partial charge < -0.3 is 15.7 Å². The number of rotatable bonds is 5. The molecular weight excluding hydrogens is 256 g/mol. The topological polar surface area (TPSA) is 95.5 Å². The molecule has 3 N–H and O–H groups in total. The zero-order chi connectivity index (χ0) is 13.7. The molecule has 0 spiro atoms. The number of carbonyl (C=O) groups excluding carboxylic acids is 2. The van der Waals surface area contributed by atoms with Gasteiger partial charge in [0.05, 0.1) is 9.88 Å². The van der Waals surface area contributed by atoms with E-state index in [0.717, 1.165) is 11.3 Å². The molecule has 7 heteroatoms. The first-order valence-electron chi connectivity index (χ1n) is 5.35. The van der Waals surface area contributed by atoms with Gasteiger partial charge in [0, 0.05) is 6.92 Å². The van der Waals surface area contributed by atoms with Crippen LogP contribution in [0.4, 0.5) is 5.00 Å². The van der Waals surface area contributed by atoms with Crippen LogP contribution in [0.1, 0.15) is 29.9 Å². The summed E-state index contributed by atoms with van der Waals surface area (Å²) >= 11 is 1.10. The van der Waals surface area contributed by atoms with Crippen molar-refractivity contribution < 1.29 is 19.5 Å². The number of hydrogen-bond donors (Lipinski definition) is 3. The normalized spacial score (nSPS) is 11.7. The van der Waals surface area contributed by atoms with Gasteiger partial charge in [-0.2, -0.15) is 0 Å². The lowest BCUT2D eigenvalue weighted by Crippen LogP contribution is -2.39. The van der Waals surface area contributed by atoms with Crippen molar-refractivity contribution in [3.8, 4) is 0 Å². The largest absolute Gasteiger partial charge is 0.480 e. The van der Waals surface area contributed by atoms with Gasteiger partial charge in [-0.1, -0.05) is 6.92 Å². The Kier molecular flexibility index (Phi) is 4.85. The number of thiophene rings is 1. The molecule has 0 aliphatic heterocycles. The number of anilines is 1. The van der Waals surface area contributed by atoms with Crippen molar-refractivity contribution in [2.24, 2.45) is 0 Å².